The molecule has 0 aliphatic carbocycles. The molecule has 5 aromatic rings. The first-order valence-electron chi connectivity index (χ1n) is 11.0. The Labute approximate surface area is 204 Å². The first kappa shape index (κ1) is 22.4. The standard InChI is InChI=1S/C25H21N7O2S/c1-14-19(15(2)32-23(29-14)18(11-26)12-28-32)9-10-20(33)30-31-13-27-24-22(25(31)34)21(16(3)35-24)17-7-5-4-6-8-17/h4-8,12-13H,9-10H2,1-3H3,(H,30,33). The van der Waals surface area contributed by atoms with Gasteiger partial charge in [0.15, 0.2) is 5.65 Å². The zero-order chi connectivity index (χ0) is 24.7. The molecule has 1 aromatic carbocycles. The summed E-state index contributed by atoms with van der Waals surface area (Å²) >= 11 is 1.46. The molecule has 4 aromatic heterocycles. The monoisotopic (exact) mass is 483 g/mol. The Kier molecular flexibility index (Phi) is 5.62. The number of aryl methyl sites for hydroxylation is 3. The van der Waals surface area contributed by atoms with Crippen LogP contribution in [0.2, 0.25) is 0 Å². The van der Waals surface area contributed by atoms with Crippen molar-refractivity contribution in [2.45, 2.75) is 33.6 Å². The van der Waals surface area contributed by atoms with Gasteiger partial charge in [-0.15, -0.1) is 11.3 Å². The summed E-state index contributed by atoms with van der Waals surface area (Å²) in [7, 11) is 0. The van der Waals surface area contributed by atoms with E-state index in [1.807, 2.05) is 51.1 Å². The van der Waals surface area contributed by atoms with E-state index in [4.69, 9.17) is 0 Å². The SMILES string of the molecule is Cc1nc2c(C#N)cnn2c(C)c1CCC(=O)Nn1cnc2sc(C)c(-c3ccccc3)c2c1=O. The fourth-order valence-electron chi connectivity index (χ4n) is 4.31. The quantitative estimate of drug-likeness (QED) is 0.408. The van der Waals surface area contributed by atoms with Crippen molar-refractivity contribution in [3.63, 3.8) is 0 Å². The van der Waals surface area contributed by atoms with Gasteiger partial charge >= 0.3 is 0 Å². The second-order valence-electron chi connectivity index (χ2n) is 8.20. The van der Waals surface area contributed by atoms with E-state index in [9.17, 15) is 14.9 Å². The van der Waals surface area contributed by atoms with Crippen LogP contribution in [0.5, 0.6) is 0 Å². The predicted molar refractivity (Wildman–Crippen MR) is 134 cm³/mol. The maximum absolute atomic E-state index is 13.3. The first-order valence-corrected chi connectivity index (χ1v) is 11.8. The Morgan fingerprint density at radius 3 is 2.71 bits per heavy atom. The van der Waals surface area contributed by atoms with Crippen LogP contribution in [0.1, 0.15) is 33.8 Å². The average molecular weight is 484 g/mol. The molecule has 35 heavy (non-hydrogen) atoms. The minimum absolute atomic E-state index is 0.139. The van der Waals surface area contributed by atoms with Gasteiger partial charge in [-0.3, -0.25) is 15.0 Å². The third-order valence-corrected chi connectivity index (χ3v) is 7.04. The molecule has 0 bridgehead atoms. The lowest BCUT2D eigenvalue weighted by Crippen LogP contribution is -2.33. The normalized spacial score (nSPS) is 11.1. The zero-order valence-electron chi connectivity index (χ0n) is 19.4. The van der Waals surface area contributed by atoms with Gasteiger partial charge in [0, 0.05) is 28.2 Å². The fourth-order valence-corrected chi connectivity index (χ4v) is 5.32. The number of rotatable bonds is 5. The molecule has 1 N–H and O–H groups in total. The van der Waals surface area contributed by atoms with Crippen molar-refractivity contribution in [1.82, 2.24) is 24.3 Å². The summed E-state index contributed by atoms with van der Waals surface area (Å²) in [5.74, 6) is -0.321. The minimum atomic E-state index is -0.321. The molecular formula is C25H21N7O2S. The zero-order valence-corrected chi connectivity index (χ0v) is 20.2. The Bertz CT molecular complexity index is 1710. The number of thiophene rings is 1. The van der Waals surface area contributed by atoms with E-state index in [0.29, 0.717) is 27.8 Å². The highest BCUT2D eigenvalue weighted by Crippen LogP contribution is 2.35. The number of amides is 1. The van der Waals surface area contributed by atoms with Crippen LogP contribution in [0.3, 0.4) is 0 Å². The second-order valence-corrected chi connectivity index (χ2v) is 9.40. The third-order valence-electron chi connectivity index (χ3n) is 6.03. The molecule has 0 fully saturated rings. The number of carbonyl (C=O) groups is 1. The molecule has 0 aliphatic heterocycles. The molecule has 174 valence electrons. The Morgan fingerprint density at radius 1 is 1.20 bits per heavy atom. The van der Waals surface area contributed by atoms with Crippen LogP contribution >= 0.6 is 11.3 Å². The van der Waals surface area contributed by atoms with Crippen LogP contribution < -0.4 is 11.0 Å². The molecule has 0 atom stereocenters. The lowest BCUT2D eigenvalue weighted by molar-refractivity contribution is -0.117. The van der Waals surface area contributed by atoms with Crippen LogP contribution in [0.15, 0.2) is 47.7 Å². The molecule has 0 aliphatic rings. The van der Waals surface area contributed by atoms with Gasteiger partial charge in [-0.1, -0.05) is 30.3 Å². The summed E-state index contributed by atoms with van der Waals surface area (Å²) < 4.78 is 2.77. The van der Waals surface area contributed by atoms with Gasteiger partial charge in [-0.2, -0.15) is 10.4 Å². The van der Waals surface area contributed by atoms with E-state index in [1.54, 1.807) is 4.52 Å². The number of aromatic nitrogens is 5. The van der Waals surface area contributed by atoms with Gasteiger partial charge in [0.1, 0.15) is 22.8 Å². The Balaban J connectivity index is 1.41. The number of nitriles is 1. The highest BCUT2D eigenvalue weighted by Gasteiger charge is 2.18. The lowest BCUT2D eigenvalue weighted by atomic mass is 10.0. The van der Waals surface area contributed by atoms with Crippen molar-refractivity contribution in [3.05, 3.63) is 80.6 Å². The molecule has 0 spiro atoms. The number of carbonyl (C=O) groups excluding carboxylic acids is 1. The second kappa shape index (κ2) is 8.77. The number of nitrogens with zero attached hydrogens (tertiary/aromatic N) is 6. The van der Waals surface area contributed by atoms with Gasteiger partial charge in [-0.25, -0.2) is 19.2 Å². The van der Waals surface area contributed by atoms with E-state index >= 15 is 0 Å². The van der Waals surface area contributed by atoms with E-state index < -0.39 is 0 Å². The highest BCUT2D eigenvalue weighted by atomic mass is 32.1. The van der Waals surface area contributed by atoms with Crippen molar-refractivity contribution in [3.8, 4) is 17.2 Å². The number of benzene rings is 1. The van der Waals surface area contributed by atoms with Gasteiger partial charge in [0.2, 0.25) is 5.91 Å². The van der Waals surface area contributed by atoms with E-state index in [2.05, 4.69) is 26.6 Å². The number of hydrogen-bond donors (Lipinski definition) is 1. The molecular weight excluding hydrogens is 462 g/mol. The number of fused-ring (bicyclic) bond motifs is 2. The third kappa shape index (κ3) is 3.86. The van der Waals surface area contributed by atoms with Gasteiger partial charge < -0.3 is 0 Å². The van der Waals surface area contributed by atoms with Crippen molar-refractivity contribution < 1.29 is 4.79 Å². The van der Waals surface area contributed by atoms with Crippen LogP contribution in [0.4, 0.5) is 0 Å². The molecule has 10 heteroatoms. The summed E-state index contributed by atoms with van der Waals surface area (Å²) in [5.41, 5.74) is 7.47. The summed E-state index contributed by atoms with van der Waals surface area (Å²) in [6.07, 6.45) is 3.38. The number of hydrogen-bond acceptors (Lipinski definition) is 7. The largest absolute Gasteiger partial charge is 0.281 e. The van der Waals surface area contributed by atoms with Crippen LogP contribution in [0.25, 0.3) is 27.0 Å². The molecule has 0 saturated heterocycles. The van der Waals surface area contributed by atoms with Crippen molar-refractivity contribution >= 4 is 33.1 Å². The Morgan fingerprint density at radius 2 is 1.97 bits per heavy atom. The fraction of sp³-hybridized carbons (Fsp3) is 0.200. The Hall–Kier alpha value is -4.36. The van der Waals surface area contributed by atoms with Gasteiger partial charge in [0.25, 0.3) is 5.56 Å². The van der Waals surface area contributed by atoms with Crippen LogP contribution in [-0.2, 0) is 11.2 Å². The van der Waals surface area contributed by atoms with Crippen molar-refractivity contribution in [1.29, 1.82) is 5.26 Å². The minimum Gasteiger partial charge on any atom is -0.273 e. The summed E-state index contributed by atoms with van der Waals surface area (Å²) in [6.45, 7) is 5.70. The van der Waals surface area contributed by atoms with Gasteiger partial charge in [0.05, 0.1) is 11.6 Å². The van der Waals surface area contributed by atoms with Crippen molar-refractivity contribution in [2.75, 3.05) is 5.43 Å². The lowest BCUT2D eigenvalue weighted by Gasteiger charge is -2.12. The molecule has 1 amide bonds. The molecule has 9 nitrogen and oxygen atoms in total. The van der Waals surface area contributed by atoms with Crippen LogP contribution in [0, 0.1) is 32.1 Å². The van der Waals surface area contributed by atoms with Gasteiger partial charge in [-0.05, 0) is 38.3 Å². The molecule has 0 saturated carbocycles. The van der Waals surface area contributed by atoms with Crippen LogP contribution in [-0.4, -0.2) is 30.2 Å². The summed E-state index contributed by atoms with van der Waals surface area (Å²) in [4.78, 5) is 36.6. The molecule has 0 radical (unpaired) electrons. The first-order chi connectivity index (χ1) is 16.9. The number of nitrogens with one attached hydrogen (secondary N) is 1. The van der Waals surface area contributed by atoms with E-state index in [1.165, 1.54) is 23.9 Å². The smallest absolute Gasteiger partial charge is 0.273 e. The van der Waals surface area contributed by atoms with Crippen molar-refractivity contribution in [2.24, 2.45) is 0 Å². The van der Waals surface area contributed by atoms with E-state index in [0.717, 1.165) is 37.6 Å². The predicted octanol–water partition coefficient (Wildman–Crippen LogP) is 3.67. The van der Waals surface area contributed by atoms with E-state index in [-0.39, 0.29) is 17.9 Å². The molecule has 0 unspecified atom stereocenters. The summed E-state index contributed by atoms with van der Waals surface area (Å²) in [5, 5.41) is 14.0. The maximum atomic E-state index is 13.3. The maximum Gasteiger partial charge on any atom is 0.281 e. The molecule has 4 heterocycles. The average Bonchev–Trinajstić information content (AvgIpc) is 3.41. The topological polar surface area (TPSA) is 118 Å². The highest BCUT2D eigenvalue weighted by molar-refractivity contribution is 7.19. The molecule has 5 rings (SSSR count). The summed E-state index contributed by atoms with van der Waals surface area (Å²) in [6, 6.07) is 11.8.